The van der Waals surface area contributed by atoms with Gasteiger partial charge in [-0.1, -0.05) is 30.3 Å². The smallest absolute Gasteiger partial charge is 0.228 e. The molecule has 0 aliphatic heterocycles. The van der Waals surface area contributed by atoms with Crippen molar-refractivity contribution in [1.82, 2.24) is 9.38 Å². The Morgan fingerprint density at radius 1 is 1.11 bits per heavy atom. The maximum absolute atomic E-state index is 12.5. The molecule has 0 spiro atoms. The van der Waals surface area contributed by atoms with Crippen molar-refractivity contribution < 1.29 is 9.53 Å². The van der Waals surface area contributed by atoms with Gasteiger partial charge in [0.1, 0.15) is 11.4 Å². The minimum Gasteiger partial charge on any atom is -0.495 e. The number of nitrogens with one attached hydrogen (secondary N) is 1. The fourth-order valence-corrected chi connectivity index (χ4v) is 3.16. The molecule has 2 aromatic carbocycles. The lowest BCUT2D eigenvalue weighted by Gasteiger charge is -2.11. The number of hydrogen-bond donors (Lipinski definition) is 1. The molecule has 0 atom stereocenters. The summed E-state index contributed by atoms with van der Waals surface area (Å²) in [6.07, 6.45) is 4.28. The number of aryl methyl sites for hydroxylation is 1. The molecule has 4 rings (SSSR count). The monoisotopic (exact) mass is 371 g/mol. The van der Waals surface area contributed by atoms with Gasteiger partial charge in [0, 0.05) is 18.0 Å². The largest absolute Gasteiger partial charge is 0.495 e. The molecule has 2 aromatic heterocycles. The van der Waals surface area contributed by atoms with E-state index in [1.807, 2.05) is 84.4 Å². The standard InChI is InChI=1S/C23H21N3O2/c1-16-10-11-26-15-20(24-22(26)12-16)18-8-9-21(28-2)19(14-18)25-23(27)13-17-6-4-3-5-7-17/h3-12,14-15H,13H2,1-2H3,(H,25,27). The summed E-state index contributed by atoms with van der Waals surface area (Å²) in [7, 11) is 1.59. The van der Waals surface area contributed by atoms with Gasteiger partial charge in [0.25, 0.3) is 0 Å². The van der Waals surface area contributed by atoms with Gasteiger partial charge in [-0.15, -0.1) is 0 Å². The van der Waals surface area contributed by atoms with Crippen LogP contribution in [0.4, 0.5) is 5.69 Å². The molecule has 5 nitrogen and oxygen atoms in total. The van der Waals surface area contributed by atoms with E-state index in [0.717, 1.165) is 28.0 Å². The van der Waals surface area contributed by atoms with Crippen molar-refractivity contribution in [3.05, 3.63) is 84.2 Å². The molecule has 0 saturated heterocycles. The Kier molecular flexibility index (Phi) is 4.81. The Labute approximate surface area is 163 Å². The van der Waals surface area contributed by atoms with E-state index >= 15 is 0 Å². The fourth-order valence-electron chi connectivity index (χ4n) is 3.16. The molecule has 4 aromatic rings. The Balaban J connectivity index is 1.62. The predicted molar refractivity (Wildman–Crippen MR) is 111 cm³/mol. The van der Waals surface area contributed by atoms with Crippen molar-refractivity contribution in [2.45, 2.75) is 13.3 Å². The number of methoxy groups -OCH3 is 1. The Morgan fingerprint density at radius 2 is 1.93 bits per heavy atom. The van der Waals surface area contributed by atoms with Crippen molar-refractivity contribution in [3.63, 3.8) is 0 Å². The third-order valence-electron chi connectivity index (χ3n) is 4.59. The van der Waals surface area contributed by atoms with Gasteiger partial charge in [0.2, 0.25) is 5.91 Å². The zero-order valence-electron chi connectivity index (χ0n) is 15.8. The van der Waals surface area contributed by atoms with Gasteiger partial charge in [0.15, 0.2) is 0 Å². The lowest BCUT2D eigenvalue weighted by Crippen LogP contribution is -2.15. The van der Waals surface area contributed by atoms with Crippen LogP contribution in [-0.2, 0) is 11.2 Å². The summed E-state index contributed by atoms with van der Waals surface area (Å²) in [4.78, 5) is 17.2. The second-order valence-electron chi connectivity index (χ2n) is 6.72. The quantitative estimate of drug-likeness (QED) is 0.562. The lowest BCUT2D eigenvalue weighted by molar-refractivity contribution is -0.115. The van der Waals surface area contributed by atoms with E-state index in [1.54, 1.807) is 7.11 Å². The number of imidazole rings is 1. The molecule has 0 unspecified atom stereocenters. The summed E-state index contributed by atoms with van der Waals surface area (Å²) >= 11 is 0. The van der Waals surface area contributed by atoms with Crippen LogP contribution in [0.2, 0.25) is 0 Å². The SMILES string of the molecule is COc1ccc(-c2cn3ccc(C)cc3n2)cc1NC(=O)Cc1ccccc1. The molecule has 0 bridgehead atoms. The number of hydrogen-bond acceptors (Lipinski definition) is 3. The molecule has 2 heterocycles. The van der Waals surface area contributed by atoms with Gasteiger partial charge in [-0.25, -0.2) is 4.98 Å². The van der Waals surface area contributed by atoms with Crippen molar-refractivity contribution in [3.8, 4) is 17.0 Å². The van der Waals surface area contributed by atoms with Gasteiger partial charge < -0.3 is 14.5 Å². The van der Waals surface area contributed by atoms with Crippen LogP contribution in [0.3, 0.4) is 0 Å². The fraction of sp³-hybridized carbons (Fsp3) is 0.130. The van der Waals surface area contributed by atoms with Crippen LogP contribution in [0.15, 0.2) is 73.1 Å². The Bertz CT molecular complexity index is 1130. The van der Waals surface area contributed by atoms with E-state index in [-0.39, 0.29) is 5.91 Å². The number of anilines is 1. The molecule has 0 radical (unpaired) electrons. The summed E-state index contributed by atoms with van der Waals surface area (Å²) < 4.78 is 7.41. The minimum atomic E-state index is -0.0905. The zero-order chi connectivity index (χ0) is 19.5. The first-order valence-electron chi connectivity index (χ1n) is 9.10. The molecular formula is C23H21N3O2. The van der Waals surface area contributed by atoms with Crippen LogP contribution < -0.4 is 10.1 Å². The number of ether oxygens (including phenoxy) is 1. The van der Waals surface area contributed by atoms with Gasteiger partial charge in [-0.2, -0.15) is 0 Å². The van der Waals surface area contributed by atoms with Gasteiger partial charge in [0.05, 0.1) is 24.9 Å². The van der Waals surface area contributed by atoms with Crippen LogP contribution in [0.1, 0.15) is 11.1 Å². The third-order valence-corrected chi connectivity index (χ3v) is 4.59. The first kappa shape index (κ1) is 17.8. The highest BCUT2D eigenvalue weighted by molar-refractivity contribution is 5.94. The molecule has 28 heavy (non-hydrogen) atoms. The second kappa shape index (κ2) is 7.56. The summed E-state index contributed by atoms with van der Waals surface area (Å²) in [5, 5.41) is 2.96. The summed E-state index contributed by atoms with van der Waals surface area (Å²) in [6, 6.07) is 19.4. The van der Waals surface area contributed by atoms with Crippen LogP contribution in [0.25, 0.3) is 16.9 Å². The van der Waals surface area contributed by atoms with Crippen LogP contribution in [0, 0.1) is 6.92 Å². The summed E-state index contributed by atoms with van der Waals surface area (Å²) in [5.41, 5.74) is 5.40. The number of fused-ring (bicyclic) bond motifs is 1. The highest BCUT2D eigenvalue weighted by atomic mass is 16.5. The van der Waals surface area contributed by atoms with Gasteiger partial charge in [-0.3, -0.25) is 4.79 Å². The van der Waals surface area contributed by atoms with E-state index in [0.29, 0.717) is 17.9 Å². The van der Waals surface area contributed by atoms with Crippen LogP contribution in [-0.4, -0.2) is 22.4 Å². The minimum absolute atomic E-state index is 0.0905. The van der Waals surface area contributed by atoms with Crippen molar-refractivity contribution in [2.24, 2.45) is 0 Å². The number of nitrogens with zero attached hydrogens (tertiary/aromatic N) is 2. The number of pyridine rings is 1. The first-order valence-corrected chi connectivity index (χ1v) is 9.10. The number of carbonyl (C=O) groups excluding carboxylic acids is 1. The topological polar surface area (TPSA) is 55.6 Å². The van der Waals surface area contributed by atoms with E-state index in [2.05, 4.69) is 5.32 Å². The van der Waals surface area contributed by atoms with Crippen molar-refractivity contribution in [1.29, 1.82) is 0 Å². The normalized spacial score (nSPS) is 10.8. The Hall–Kier alpha value is -3.60. The van der Waals surface area contributed by atoms with E-state index in [1.165, 1.54) is 0 Å². The van der Waals surface area contributed by atoms with Crippen molar-refractivity contribution in [2.75, 3.05) is 12.4 Å². The lowest BCUT2D eigenvalue weighted by atomic mass is 10.1. The highest BCUT2D eigenvalue weighted by Crippen LogP contribution is 2.30. The van der Waals surface area contributed by atoms with E-state index < -0.39 is 0 Å². The second-order valence-corrected chi connectivity index (χ2v) is 6.72. The van der Waals surface area contributed by atoms with E-state index in [4.69, 9.17) is 9.72 Å². The molecule has 0 aliphatic rings. The van der Waals surface area contributed by atoms with Gasteiger partial charge >= 0.3 is 0 Å². The molecule has 0 aliphatic carbocycles. The number of benzene rings is 2. The molecular weight excluding hydrogens is 350 g/mol. The molecule has 0 fully saturated rings. The van der Waals surface area contributed by atoms with Crippen LogP contribution in [0.5, 0.6) is 5.75 Å². The van der Waals surface area contributed by atoms with Crippen molar-refractivity contribution >= 4 is 17.2 Å². The first-order chi connectivity index (χ1) is 13.6. The third kappa shape index (κ3) is 3.74. The maximum Gasteiger partial charge on any atom is 0.228 e. The molecule has 140 valence electrons. The Morgan fingerprint density at radius 3 is 2.71 bits per heavy atom. The molecule has 0 saturated carbocycles. The molecule has 1 N–H and O–H groups in total. The molecule has 5 heteroatoms. The number of carbonyl (C=O) groups is 1. The number of aromatic nitrogens is 2. The van der Waals surface area contributed by atoms with Gasteiger partial charge in [-0.05, 0) is 48.4 Å². The van der Waals surface area contributed by atoms with Crippen LogP contribution >= 0.6 is 0 Å². The zero-order valence-corrected chi connectivity index (χ0v) is 15.8. The predicted octanol–water partition coefficient (Wildman–Crippen LogP) is 4.50. The number of rotatable bonds is 5. The molecule has 1 amide bonds. The average molecular weight is 371 g/mol. The summed E-state index contributed by atoms with van der Waals surface area (Å²) in [5.74, 6) is 0.525. The highest BCUT2D eigenvalue weighted by Gasteiger charge is 2.12. The average Bonchev–Trinajstić information content (AvgIpc) is 3.12. The summed E-state index contributed by atoms with van der Waals surface area (Å²) in [6.45, 7) is 2.04. The van der Waals surface area contributed by atoms with E-state index in [9.17, 15) is 4.79 Å². The number of amides is 1. The maximum atomic E-state index is 12.5.